The molecule has 0 saturated heterocycles. The summed E-state index contributed by atoms with van der Waals surface area (Å²) < 4.78 is 66.8. The SMILES string of the molecule is CN(C)C(=O)CCCOC(=O)NCCOc1ccc(/C(=C(/CC(F)(F)F)c2ccccc2)c2ccc3n[nH]c(F)c3c2)cc1. The van der Waals surface area contributed by atoms with Crippen LogP contribution in [-0.4, -0.2) is 67.1 Å². The number of fused-ring (bicyclic) bond motifs is 1. The molecule has 12 heteroatoms. The predicted molar refractivity (Wildman–Crippen MR) is 158 cm³/mol. The largest absolute Gasteiger partial charge is 0.492 e. The number of allylic oxidation sites excluding steroid dienone is 1. The zero-order valence-corrected chi connectivity index (χ0v) is 24.2. The van der Waals surface area contributed by atoms with E-state index in [0.29, 0.717) is 40.0 Å². The molecule has 0 unspecified atom stereocenters. The Balaban J connectivity index is 1.50. The Bertz CT molecular complexity index is 1600. The second-order valence-corrected chi connectivity index (χ2v) is 10.1. The van der Waals surface area contributed by atoms with Crippen LogP contribution in [-0.2, 0) is 9.53 Å². The molecule has 0 aliphatic rings. The van der Waals surface area contributed by atoms with Crippen LogP contribution in [0.1, 0.15) is 36.0 Å². The van der Waals surface area contributed by atoms with E-state index in [4.69, 9.17) is 9.47 Å². The number of hydrogen-bond acceptors (Lipinski definition) is 5. The predicted octanol–water partition coefficient (Wildman–Crippen LogP) is 6.59. The quantitative estimate of drug-likeness (QED) is 0.107. The van der Waals surface area contributed by atoms with E-state index in [2.05, 4.69) is 15.5 Å². The first-order valence-electron chi connectivity index (χ1n) is 13.8. The van der Waals surface area contributed by atoms with Crippen LogP contribution in [0, 0.1) is 5.95 Å². The highest BCUT2D eigenvalue weighted by atomic mass is 19.4. The fraction of sp³-hybridized carbons (Fsp3) is 0.281. The lowest BCUT2D eigenvalue weighted by atomic mass is 9.87. The summed E-state index contributed by atoms with van der Waals surface area (Å²) in [5.74, 6) is -0.307. The van der Waals surface area contributed by atoms with Crippen LogP contribution >= 0.6 is 0 Å². The summed E-state index contributed by atoms with van der Waals surface area (Å²) in [4.78, 5) is 24.9. The number of aromatic nitrogens is 2. The van der Waals surface area contributed by atoms with E-state index in [9.17, 15) is 27.2 Å². The molecule has 232 valence electrons. The Morgan fingerprint density at radius 2 is 1.64 bits per heavy atom. The number of amides is 2. The molecule has 8 nitrogen and oxygen atoms in total. The van der Waals surface area contributed by atoms with Crippen molar-refractivity contribution in [3.63, 3.8) is 0 Å². The highest BCUT2D eigenvalue weighted by Crippen LogP contribution is 2.40. The molecular formula is C32H32F4N4O4. The van der Waals surface area contributed by atoms with Gasteiger partial charge in [0.1, 0.15) is 12.4 Å². The molecule has 1 aromatic heterocycles. The third-order valence-corrected chi connectivity index (χ3v) is 6.65. The van der Waals surface area contributed by atoms with Crippen molar-refractivity contribution in [1.82, 2.24) is 20.4 Å². The molecule has 0 spiro atoms. The van der Waals surface area contributed by atoms with Crippen molar-refractivity contribution in [3.05, 3.63) is 95.4 Å². The van der Waals surface area contributed by atoms with Gasteiger partial charge in [0.2, 0.25) is 11.9 Å². The van der Waals surface area contributed by atoms with Gasteiger partial charge in [0.05, 0.1) is 30.5 Å². The minimum Gasteiger partial charge on any atom is -0.492 e. The summed E-state index contributed by atoms with van der Waals surface area (Å²) in [6, 6.07) is 19.4. The normalized spacial score (nSPS) is 12.0. The maximum atomic E-state index is 14.4. The summed E-state index contributed by atoms with van der Waals surface area (Å²) in [5, 5.41) is 8.86. The molecule has 0 aliphatic heterocycles. The van der Waals surface area contributed by atoms with Crippen molar-refractivity contribution < 1.29 is 36.6 Å². The summed E-state index contributed by atoms with van der Waals surface area (Å²) in [6.07, 6.45) is -5.68. The Kier molecular flexibility index (Phi) is 10.6. The maximum absolute atomic E-state index is 14.4. The number of H-pyrrole nitrogens is 1. The van der Waals surface area contributed by atoms with E-state index >= 15 is 0 Å². The molecule has 0 bridgehead atoms. The summed E-state index contributed by atoms with van der Waals surface area (Å²) in [6.45, 7) is 0.349. The molecule has 44 heavy (non-hydrogen) atoms. The van der Waals surface area contributed by atoms with Crippen LogP contribution in [0.5, 0.6) is 5.75 Å². The van der Waals surface area contributed by atoms with Crippen molar-refractivity contribution in [1.29, 1.82) is 0 Å². The first-order valence-corrected chi connectivity index (χ1v) is 13.8. The minimum absolute atomic E-state index is 0.0313. The number of benzene rings is 3. The van der Waals surface area contributed by atoms with Crippen LogP contribution < -0.4 is 10.1 Å². The molecule has 1 heterocycles. The Hall–Kier alpha value is -4.87. The molecule has 0 radical (unpaired) electrons. The minimum atomic E-state index is -4.51. The van der Waals surface area contributed by atoms with Crippen LogP contribution in [0.2, 0.25) is 0 Å². The molecular weight excluding hydrogens is 580 g/mol. The van der Waals surface area contributed by atoms with E-state index < -0.39 is 24.6 Å². The molecule has 0 fully saturated rings. The lowest BCUT2D eigenvalue weighted by Gasteiger charge is -2.19. The van der Waals surface area contributed by atoms with Gasteiger partial charge in [-0.2, -0.15) is 22.7 Å². The summed E-state index contributed by atoms with van der Waals surface area (Å²) in [7, 11) is 3.30. The smallest absolute Gasteiger partial charge is 0.407 e. The Labute approximate surface area is 251 Å². The Morgan fingerprint density at radius 1 is 0.932 bits per heavy atom. The lowest BCUT2D eigenvalue weighted by molar-refractivity contribution is -0.129. The number of nitrogens with zero attached hydrogens (tertiary/aromatic N) is 2. The topological polar surface area (TPSA) is 96.6 Å². The molecule has 0 atom stereocenters. The molecule has 3 aromatic carbocycles. The van der Waals surface area contributed by atoms with Crippen LogP contribution in [0.4, 0.5) is 22.4 Å². The van der Waals surface area contributed by atoms with Gasteiger partial charge in [0.15, 0.2) is 0 Å². The first kappa shape index (κ1) is 32.1. The number of aromatic amines is 1. The van der Waals surface area contributed by atoms with E-state index in [1.807, 2.05) is 0 Å². The number of nitrogens with one attached hydrogen (secondary N) is 2. The molecule has 4 rings (SSSR count). The number of rotatable bonds is 12. The van der Waals surface area contributed by atoms with Gasteiger partial charge in [-0.1, -0.05) is 48.5 Å². The number of alkyl carbamates (subject to hydrolysis) is 1. The number of carbonyl (C=O) groups is 2. The Morgan fingerprint density at radius 3 is 2.32 bits per heavy atom. The molecule has 0 aliphatic carbocycles. The van der Waals surface area contributed by atoms with Gasteiger partial charge in [0.25, 0.3) is 0 Å². The van der Waals surface area contributed by atoms with Crippen molar-refractivity contribution in [2.75, 3.05) is 33.9 Å². The third-order valence-electron chi connectivity index (χ3n) is 6.65. The van der Waals surface area contributed by atoms with E-state index in [1.54, 1.807) is 80.8 Å². The van der Waals surface area contributed by atoms with Crippen molar-refractivity contribution in [3.8, 4) is 5.75 Å². The molecule has 2 N–H and O–H groups in total. The monoisotopic (exact) mass is 612 g/mol. The summed E-state index contributed by atoms with van der Waals surface area (Å²) in [5.41, 5.74) is 1.92. The first-order chi connectivity index (χ1) is 21.0. The zero-order valence-electron chi connectivity index (χ0n) is 24.2. The van der Waals surface area contributed by atoms with Crippen molar-refractivity contribution in [2.45, 2.75) is 25.4 Å². The van der Waals surface area contributed by atoms with Crippen LogP contribution in [0.15, 0.2) is 72.8 Å². The number of halogens is 4. The fourth-order valence-corrected chi connectivity index (χ4v) is 4.53. The molecule has 0 saturated carbocycles. The summed E-state index contributed by atoms with van der Waals surface area (Å²) >= 11 is 0. The standard InChI is InChI=1S/C32H32F4N4O4/c1-40(2)28(41)9-6-17-44-31(42)37-16-18-43-24-13-10-22(11-14-24)29(23-12-15-27-25(19-23)30(33)39-38-27)26(20-32(34,35)36)21-7-4-3-5-8-21/h3-5,7-8,10-15,19H,6,9,16-18,20H2,1-2H3,(H,37,42)(H,38,39)/b29-26+. The number of alkyl halides is 3. The van der Waals surface area contributed by atoms with Crippen molar-refractivity contribution >= 4 is 34.0 Å². The molecule has 4 aromatic rings. The second-order valence-electron chi connectivity index (χ2n) is 10.1. The lowest BCUT2D eigenvalue weighted by Crippen LogP contribution is -2.29. The highest BCUT2D eigenvalue weighted by Gasteiger charge is 2.31. The van der Waals surface area contributed by atoms with Crippen molar-refractivity contribution in [2.24, 2.45) is 0 Å². The van der Waals surface area contributed by atoms with E-state index in [1.165, 1.54) is 11.0 Å². The third kappa shape index (κ3) is 8.82. The van der Waals surface area contributed by atoms with Crippen LogP contribution in [0.25, 0.3) is 22.0 Å². The fourth-order valence-electron chi connectivity index (χ4n) is 4.53. The highest BCUT2D eigenvalue weighted by molar-refractivity contribution is 6.00. The number of ether oxygens (including phenoxy) is 2. The van der Waals surface area contributed by atoms with Gasteiger partial charge in [-0.25, -0.2) is 4.79 Å². The van der Waals surface area contributed by atoms with E-state index in [0.717, 1.165) is 0 Å². The van der Waals surface area contributed by atoms with Crippen LogP contribution in [0.3, 0.4) is 0 Å². The van der Waals surface area contributed by atoms with Gasteiger partial charge in [-0.15, -0.1) is 0 Å². The zero-order chi connectivity index (χ0) is 31.7. The number of hydrogen-bond donors (Lipinski definition) is 2. The number of carbonyl (C=O) groups excluding carboxylic acids is 2. The second kappa shape index (κ2) is 14.5. The van der Waals surface area contributed by atoms with Gasteiger partial charge < -0.3 is 19.7 Å². The average molecular weight is 613 g/mol. The van der Waals surface area contributed by atoms with Gasteiger partial charge >= 0.3 is 12.3 Å². The van der Waals surface area contributed by atoms with Gasteiger partial charge in [0, 0.05) is 20.5 Å². The average Bonchev–Trinajstić information content (AvgIpc) is 3.37. The molecule has 2 amide bonds. The van der Waals surface area contributed by atoms with Gasteiger partial charge in [-0.05, 0) is 58.5 Å². The van der Waals surface area contributed by atoms with E-state index in [-0.39, 0.29) is 43.0 Å². The van der Waals surface area contributed by atoms with Gasteiger partial charge in [-0.3, -0.25) is 9.89 Å². The maximum Gasteiger partial charge on any atom is 0.407 e.